The van der Waals surface area contributed by atoms with E-state index in [4.69, 9.17) is 4.74 Å². The van der Waals surface area contributed by atoms with Crippen molar-refractivity contribution in [3.63, 3.8) is 0 Å². The maximum absolute atomic E-state index is 11.3. The number of rotatable bonds is 6. The fourth-order valence-electron chi connectivity index (χ4n) is 1.07. The van der Waals surface area contributed by atoms with Gasteiger partial charge in [-0.3, -0.25) is 19.7 Å². The minimum Gasteiger partial charge on any atom is -0.455 e. The molecule has 0 atom stereocenters. The van der Waals surface area contributed by atoms with Gasteiger partial charge in [0.05, 0.1) is 10.7 Å². The summed E-state index contributed by atoms with van der Waals surface area (Å²) < 4.78 is 4.70. The zero-order valence-electron chi connectivity index (χ0n) is 10.1. The van der Waals surface area contributed by atoms with E-state index in [1.807, 2.05) is 0 Å². The van der Waals surface area contributed by atoms with Gasteiger partial charge < -0.3 is 10.1 Å². The van der Waals surface area contributed by atoms with Gasteiger partial charge in [-0.1, -0.05) is 0 Å². The van der Waals surface area contributed by atoms with Crippen molar-refractivity contribution in [3.05, 3.63) is 34.4 Å². The number of nitrogens with zero attached hydrogens (tertiary/aromatic N) is 1. The summed E-state index contributed by atoms with van der Waals surface area (Å²) in [5, 5.41) is 12.8. The quantitative estimate of drug-likeness (QED) is 0.362. The van der Waals surface area contributed by atoms with Crippen molar-refractivity contribution in [2.45, 2.75) is 4.90 Å². The SMILES string of the molecule is CNC(=O)COC(=O)CSc1ccc([N+](=O)[O-])cc1. The van der Waals surface area contributed by atoms with Gasteiger partial charge in [-0.15, -0.1) is 11.8 Å². The Morgan fingerprint density at radius 2 is 2.00 bits per heavy atom. The molecule has 0 saturated carbocycles. The second kappa shape index (κ2) is 7.37. The van der Waals surface area contributed by atoms with Crippen molar-refractivity contribution in [2.75, 3.05) is 19.4 Å². The summed E-state index contributed by atoms with van der Waals surface area (Å²) in [5.41, 5.74) is -0.00783. The van der Waals surface area contributed by atoms with Gasteiger partial charge in [0, 0.05) is 24.1 Å². The lowest BCUT2D eigenvalue weighted by Gasteiger charge is -2.03. The van der Waals surface area contributed by atoms with Crippen LogP contribution in [0.1, 0.15) is 0 Å². The van der Waals surface area contributed by atoms with Gasteiger partial charge in [-0.2, -0.15) is 0 Å². The van der Waals surface area contributed by atoms with E-state index in [1.54, 1.807) is 12.1 Å². The Labute approximate surface area is 113 Å². The summed E-state index contributed by atoms with van der Waals surface area (Å²) in [7, 11) is 1.45. The summed E-state index contributed by atoms with van der Waals surface area (Å²) in [5.74, 6) is -0.866. The minimum atomic E-state index is -0.521. The molecule has 0 radical (unpaired) electrons. The molecule has 0 aromatic heterocycles. The first-order valence-corrected chi connectivity index (χ1v) is 6.25. The molecule has 0 bridgehead atoms. The number of nitro groups is 1. The molecule has 1 N–H and O–H groups in total. The molecule has 0 heterocycles. The lowest BCUT2D eigenvalue weighted by molar-refractivity contribution is -0.384. The number of likely N-dealkylation sites (N-methyl/N-ethyl adjacent to an activating group) is 1. The van der Waals surface area contributed by atoms with Crippen LogP contribution < -0.4 is 5.32 Å². The van der Waals surface area contributed by atoms with E-state index in [1.165, 1.54) is 30.9 Å². The highest BCUT2D eigenvalue weighted by Crippen LogP contribution is 2.21. The first-order chi connectivity index (χ1) is 9.02. The third-order valence-electron chi connectivity index (χ3n) is 2.05. The van der Waals surface area contributed by atoms with E-state index in [9.17, 15) is 19.7 Å². The Kier molecular flexibility index (Phi) is 5.80. The van der Waals surface area contributed by atoms with Crippen LogP contribution in [0.25, 0.3) is 0 Å². The van der Waals surface area contributed by atoms with E-state index < -0.39 is 10.9 Å². The Balaban J connectivity index is 2.37. The van der Waals surface area contributed by atoms with Crippen molar-refractivity contribution in [1.82, 2.24) is 5.32 Å². The zero-order valence-corrected chi connectivity index (χ0v) is 10.9. The highest BCUT2D eigenvalue weighted by Gasteiger charge is 2.08. The summed E-state index contributed by atoms with van der Waals surface area (Å²) >= 11 is 1.18. The number of amides is 1. The van der Waals surface area contributed by atoms with Crippen molar-refractivity contribution in [1.29, 1.82) is 0 Å². The molecule has 19 heavy (non-hydrogen) atoms. The average molecular weight is 284 g/mol. The van der Waals surface area contributed by atoms with Crippen LogP contribution in [0.3, 0.4) is 0 Å². The molecule has 1 aromatic rings. The average Bonchev–Trinajstić information content (AvgIpc) is 2.42. The summed E-state index contributed by atoms with van der Waals surface area (Å²) in [6.07, 6.45) is 0. The summed E-state index contributed by atoms with van der Waals surface area (Å²) in [6, 6.07) is 5.82. The largest absolute Gasteiger partial charge is 0.455 e. The molecule has 102 valence electrons. The predicted molar refractivity (Wildman–Crippen MR) is 68.8 cm³/mol. The standard InChI is InChI=1S/C11H12N2O5S/c1-12-10(14)6-18-11(15)7-19-9-4-2-8(3-5-9)13(16)17/h2-5H,6-7H2,1H3,(H,12,14). The minimum absolute atomic E-state index is 0.00783. The normalized spacial score (nSPS) is 9.74. The maximum atomic E-state index is 11.3. The number of ether oxygens (including phenoxy) is 1. The van der Waals surface area contributed by atoms with E-state index >= 15 is 0 Å². The fraction of sp³-hybridized carbons (Fsp3) is 0.273. The van der Waals surface area contributed by atoms with E-state index in [2.05, 4.69) is 5.32 Å². The van der Waals surface area contributed by atoms with E-state index in [-0.39, 0.29) is 24.0 Å². The van der Waals surface area contributed by atoms with Crippen LogP contribution in [-0.4, -0.2) is 36.2 Å². The third-order valence-corrected chi connectivity index (χ3v) is 3.03. The maximum Gasteiger partial charge on any atom is 0.316 e. The number of nitro benzene ring substituents is 1. The van der Waals surface area contributed by atoms with Crippen LogP contribution in [-0.2, 0) is 14.3 Å². The number of non-ortho nitro benzene ring substituents is 1. The van der Waals surface area contributed by atoms with Gasteiger partial charge in [-0.25, -0.2) is 0 Å². The third kappa shape index (κ3) is 5.38. The summed E-state index contributed by atoms with van der Waals surface area (Å²) in [4.78, 5) is 32.8. The van der Waals surface area contributed by atoms with Gasteiger partial charge >= 0.3 is 5.97 Å². The molecular weight excluding hydrogens is 272 g/mol. The topological polar surface area (TPSA) is 98.5 Å². The van der Waals surface area contributed by atoms with Crippen molar-refractivity contribution >= 4 is 29.3 Å². The van der Waals surface area contributed by atoms with E-state index in [0.29, 0.717) is 4.90 Å². The molecule has 1 rings (SSSR count). The number of carbonyl (C=O) groups is 2. The van der Waals surface area contributed by atoms with Crippen molar-refractivity contribution in [2.24, 2.45) is 0 Å². The molecular formula is C11H12N2O5S. The predicted octanol–water partition coefficient (Wildman–Crippen LogP) is 0.976. The molecule has 0 spiro atoms. The van der Waals surface area contributed by atoms with Crippen LogP contribution in [0, 0.1) is 10.1 Å². The number of hydrogen-bond acceptors (Lipinski definition) is 6. The number of thioether (sulfide) groups is 1. The molecule has 1 amide bonds. The van der Waals surface area contributed by atoms with Crippen LogP contribution in [0.4, 0.5) is 5.69 Å². The molecule has 0 aliphatic rings. The van der Waals surface area contributed by atoms with Gasteiger partial charge in [0.25, 0.3) is 11.6 Å². The molecule has 0 saturated heterocycles. The van der Waals surface area contributed by atoms with E-state index in [0.717, 1.165) is 0 Å². The first kappa shape index (κ1) is 15.0. The van der Waals surface area contributed by atoms with Crippen LogP contribution in [0.5, 0.6) is 0 Å². The second-order valence-corrected chi connectivity index (χ2v) is 4.42. The number of esters is 1. The summed E-state index contributed by atoms with van der Waals surface area (Å²) in [6.45, 7) is -0.309. The monoisotopic (exact) mass is 284 g/mol. The smallest absolute Gasteiger partial charge is 0.316 e. The second-order valence-electron chi connectivity index (χ2n) is 3.37. The molecule has 0 fully saturated rings. The Hall–Kier alpha value is -2.09. The lowest BCUT2D eigenvalue weighted by atomic mass is 10.3. The fourth-order valence-corrected chi connectivity index (χ4v) is 1.76. The molecule has 1 aromatic carbocycles. The molecule has 0 aliphatic carbocycles. The first-order valence-electron chi connectivity index (χ1n) is 5.26. The van der Waals surface area contributed by atoms with Crippen molar-refractivity contribution < 1.29 is 19.2 Å². The van der Waals surface area contributed by atoms with Crippen LogP contribution in [0.2, 0.25) is 0 Å². The molecule has 7 nitrogen and oxygen atoms in total. The molecule has 8 heteroatoms. The number of benzene rings is 1. The van der Waals surface area contributed by atoms with Gasteiger partial charge in [-0.05, 0) is 12.1 Å². The van der Waals surface area contributed by atoms with Gasteiger partial charge in [0.15, 0.2) is 6.61 Å². The van der Waals surface area contributed by atoms with Crippen LogP contribution in [0.15, 0.2) is 29.2 Å². The molecule has 0 aliphatic heterocycles. The van der Waals surface area contributed by atoms with Crippen LogP contribution >= 0.6 is 11.8 Å². The highest BCUT2D eigenvalue weighted by molar-refractivity contribution is 8.00. The number of carbonyl (C=O) groups excluding carboxylic acids is 2. The Morgan fingerprint density at radius 3 is 2.53 bits per heavy atom. The van der Waals surface area contributed by atoms with Crippen molar-refractivity contribution in [3.8, 4) is 0 Å². The Morgan fingerprint density at radius 1 is 1.37 bits per heavy atom. The van der Waals surface area contributed by atoms with Gasteiger partial charge in [0.2, 0.25) is 0 Å². The number of hydrogen-bond donors (Lipinski definition) is 1. The number of nitrogens with one attached hydrogen (secondary N) is 1. The highest BCUT2D eigenvalue weighted by atomic mass is 32.2. The lowest BCUT2D eigenvalue weighted by Crippen LogP contribution is -2.25. The Bertz CT molecular complexity index is 474. The van der Waals surface area contributed by atoms with Gasteiger partial charge in [0.1, 0.15) is 0 Å². The molecule has 0 unspecified atom stereocenters. The zero-order chi connectivity index (χ0) is 14.3.